The summed E-state index contributed by atoms with van der Waals surface area (Å²) in [7, 11) is -6.05. The lowest BCUT2D eigenvalue weighted by Gasteiger charge is -2.56. The highest BCUT2D eigenvalue weighted by Crippen LogP contribution is 2.57. The van der Waals surface area contributed by atoms with Crippen molar-refractivity contribution in [3.05, 3.63) is 0 Å². The molecule has 4 aliphatic rings. The summed E-state index contributed by atoms with van der Waals surface area (Å²) < 4.78 is 66.3. The Bertz CT molecular complexity index is 741. The van der Waals surface area contributed by atoms with Crippen LogP contribution in [0, 0.1) is 17.8 Å². The second-order valence-corrected chi connectivity index (χ2v) is 10.1. The van der Waals surface area contributed by atoms with Gasteiger partial charge in [0.1, 0.15) is 11.7 Å². The molecular formula is C17H24F2O8S. The zero-order valence-corrected chi connectivity index (χ0v) is 16.4. The zero-order chi connectivity index (χ0) is 21.1. The molecule has 0 aromatic rings. The van der Waals surface area contributed by atoms with E-state index < -0.39 is 44.6 Å². The maximum absolute atomic E-state index is 13.4. The summed E-state index contributed by atoms with van der Waals surface area (Å²) in [4.78, 5) is 24.0. The van der Waals surface area contributed by atoms with E-state index >= 15 is 0 Å². The summed E-state index contributed by atoms with van der Waals surface area (Å²) in [5, 5.41) is 5.24. The lowest BCUT2D eigenvalue weighted by Crippen LogP contribution is -2.57. The SMILES string of the molecule is CC(OC(=O)C(F)(F)S(=O)(=O)O)C(C)(O)C(=O)OC12CC3CC(CC(C3)C1)C2. The maximum Gasteiger partial charge on any atom is 0.465 e. The van der Waals surface area contributed by atoms with Crippen molar-refractivity contribution in [3.8, 4) is 0 Å². The van der Waals surface area contributed by atoms with Gasteiger partial charge in [-0.05, 0) is 70.1 Å². The van der Waals surface area contributed by atoms with Crippen LogP contribution in [0.4, 0.5) is 8.78 Å². The smallest absolute Gasteiger partial charge is 0.457 e. The molecule has 0 aliphatic heterocycles. The number of alkyl halides is 2. The average Bonchev–Trinajstić information content (AvgIpc) is 2.51. The molecule has 4 fully saturated rings. The van der Waals surface area contributed by atoms with Gasteiger partial charge in [-0.2, -0.15) is 17.2 Å². The number of rotatable bonds is 6. The second-order valence-electron chi connectivity index (χ2n) is 8.68. The van der Waals surface area contributed by atoms with Crippen LogP contribution >= 0.6 is 0 Å². The summed E-state index contributed by atoms with van der Waals surface area (Å²) in [6.07, 6.45) is 3.46. The van der Waals surface area contributed by atoms with Crippen molar-refractivity contribution in [1.29, 1.82) is 0 Å². The number of esters is 2. The quantitative estimate of drug-likeness (QED) is 0.485. The van der Waals surface area contributed by atoms with E-state index in [2.05, 4.69) is 4.74 Å². The van der Waals surface area contributed by atoms with Crippen LogP contribution in [0.1, 0.15) is 52.4 Å². The van der Waals surface area contributed by atoms with E-state index in [-0.39, 0.29) is 0 Å². The monoisotopic (exact) mass is 426 g/mol. The average molecular weight is 426 g/mol. The highest BCUT2D eigenvalue weighted by molar-refractivity contribution is 7.87. The van der Waals surface area contributed by atoms with Gasteiger partial charge < -0.3 is 14.6 Å². The van der Waals surface area contributed by atoms with Gasteiger partial charge in [0, 0.05) is 0 Å². The van der Waals surface area contributed by atoms with Gasteiger partial charge in [0.2, 0.25) is 0 Å². The van der Waals surface area contributed by atoms with E-state index in [9.17, 15) is 31.9 Å². The fourth-order valence-electron chi connectivity index (χ4n) is 5.07. The topological polar surface area (TPSA) is 127 Å². The number of hydrogen-bond acceptors (Lipinski definition) is 7. The van der Waals surface area contributed by atoms with Gasteiger partial charge in [0.25, 0.3) is 0 Å². The van der Waals surface area contributed by atoms with Gasteiger partial charge >= 0.3 is 27.3 Å². The highest BCUT2D eigenvalue weighted by Gasteiger charge is 2.58. The van der Waals surface area contributed by atoms with Crippen molar-refractivity contribution < 1.29 is 45.9 Å². The Morgan fingerprint density at radius 2 is 1.50 bits per heavy atom. The van der Waals surface area contributed by atoms with Gasteiger partial charge in [-0.25, -0.2) is 9.59 Å². The third-order valence-electron chi connectivity index (χ3n) is 6.34. The number of carbonyl (C=O) groups excluding carboxylic acids is 2. The Morgan fingerprint density at radius 3 is 1.89 bits per heavy atom. The lowest BCUT2D eigenvalue weighted by molar-refractivity contribution is -0.215. The highest BCUT2D eigenvalue weighted by atomic mass is 32.2. The first kappa shape index (κ1) is 21.4. The summed E-state index contributed by atoms with van der Waals surface area (Å²) in [6.45, 7) is 1.90. The number of halogens is 2. The molecule has 2 unspecified atom stereocenters. The van der Waals surface area contributed by atoms with Gasteiger partial charge in [-0.1, -0.05) is 0 Å². The van der Waals surface area contributed by atoms with Gasteiger partial charge in [-0.3, -0.25) is 4.55 Å². The molecule has 4 bridgehead atoms. The molecule has 11 heteroatoms. The summed E-state index contributed by atoms with van der Waals surface area (Å²) in [5.74, 6) is -2.36. The predicted molar refractivity (Wildman–Crippen MR) is 89.7 cm³/mol. The molecule has 4 rings (SSSR count). The Morgan fingerprint density at radius 1 is 1.07 bits per heavy atom. The van der Waals surface area contributed by atoms with Crippen LogP contribution in [-0.2, 0) is 29.2 Å². The number of ether oxygens (including phenoxy) is 2. The number of aliphatic hydroxyl groups is 1. The fourth-order valence-corrected chi connectivity index (χ4v) is 5.33. The van der Waals surface area contributed by atoms with E-state index in [1.807, 2.05) is 0 Å². The molecule has 0 amide bonds. The summed E-state index contributed by atoms with van der Waals surface area (Å²) in [5.41, 5.74) is -3.19. The van der Waals surface area contributed by atoms with Crippen LogP contribution in [0.2, 0.25) is 0 Å². The van der Waals surface area contributed by atoms with E-state index in [4.69, 9.17) is 9.29 Å². The van der Waals surface area contributed by atoms with Gasteiger partial charge in [0.15, 0.2) is 5.60 Å². The first-order chi connectivity index (χ1) is 12.7. The second kappa shape index (κ2) is 6.60. The van der Waals surface area contributed by atoms with Crippen molar-refractivity contribution in [3.63, 3.8) is 0 Å². The molecule has 2 atom stereocenters. The van der Waals surface area contributed by atoms with Crippen molar-refractivity contribution in [2.75, 3.05) is 0 Å². The summed E-state index contributed by atoms with van der Waals surface area (Å²) in [6, 6.07) is 0. The Hall–Kier alpha value is -1.33. The van der Waals surface area contributed by atoms with Gasteiger partial charge in [-0.15, -0.1) is 0 Å². The number of carbonyl (C=O) groups is 2. The fraction of sp³-hybridized carbons (Fsp3) is 0.882. The zero-order valence-electron chi connectivity index (χ0n) is 15.6. The van der Waals surface area contributed by atoms with Crippen LogP contribution in [-0.4, -0.2) is 52.6 Å². The molecular weight excluding hydrogens is 402 g/mol. The minimum absolute atomic E-state index is 0.452. The normalized spacial score (nSPS) is 35.1. The van der Waals surface area contributed by atoms with Crippen LogP contribution in [0.15, 0.2) is 0 Å². The van der Waals surface area contributed by atoms with Crippen LogP contribution in [0.3, 0.4) is 0 Å². The van der Waals surface area contributed by atoms with Crippen molar-refractivity contribution in [2.24, 2.45) is 17.8 Å². The molecule has 4 saturated carbocycles. The minimum atomic E-state index is -6.05. The first-order valence-electron chi connectivity index (χ1n) is 9.18. The molecule has 2 N–H and O–H groups in total. The Balaban J connectivity index is 1.68. The van der Waals surface area contributed by atoms with Crippen molar-refractivity contribution in [1.82, 2.24) is 0 Å². The lowest BCUT2D eigenvalue weighted by atomic mass is 9.54. The maximum atomic E-state index is 13.4. The minimum Gasteiger partial charge on any atom is -0.457 e. The molecule has 160 valence electrons. The molecule has 0 spiro atoms. The van der Waals surface area contributed by atoms with E-state index in [1.54, 1.807) is 0 Å². The van der Waals surface area contributed by atoms with Crippen LogP contribution in [0.25, 0.3) is 0 Å². The Labute approximate surface area is 161 Å². The van der Waals surface area contributed by atoms with E-state index in [0.29, 0.717) is 37.0 Å². The van der Waals surface area contributed by atoms with E-state index in [1.165, 1.54) is 0 Å². The molecule has 28 heavy (non-hydrogen) atoms. The third-order valence-corrected chi connectivity index (χ3v) is 7.16. The summed E-state index contributed by atoms with van der Waals surface area (Å²) >= 11 is 0. The largest absolute Gasteiger partial charge is 0.465 e. The van der Waals surface area contributed by atoms with Crippen LogP contribution < -0.4 is 0 Å². The third kappa shape index (κ3) is 3.63. The first-order valence-corrected chi connectivity index (χ1v) is 10.6. The molecule has 0 saturated heterocycles. The molecule has 0 radical (unpaired) electrons. The number of hydrogen-bond donors (Lipinski definition) is 2. The molecule has 8 nitrogen and oxygen atoms in total. The van der Waals surface area contributed by atoms with Gasteiger partial charge in [0.05, 0.1) is 0 Å². The molecule has 0 aromatic heterocycles. The van der Waals surface area contributed by atoms with Crippen molar-refractivity contribution >= 4 is 22.1 Å². The molecule has 0 aromatic carbocycles. The van der Waals surface area contributed by atoms with Crippen LogP contribution in [0.5, 0.6) is 0 Å². The molecule has 0 heterocycles. The predicted octanol–water partition coefficient (Wildman–Crippen LogP) is 1.66. The Kier molecular flexibility index (Phi) is 5.04. The van der Waals surface area contributed by atoms with Crippen molar-refractivity contribution in [2.45, 2.75) is 74.9 Å². The molecule has 4 aliphatic carbocycles. The standard InChI is InChI=1S/C17H24F2O8S/c1-9(26-14(21)17(18,19)28(23,24)25)15(2,22)13(20)27-16-6-10-3-11(7-16)5-12(4-10)8-16/h9-12,22H,3-8H2,1-2H3,(H,23,24,25). The van der Waals surface area contributed by atoms with E-state index in [0.717, 1.165) is 33.1 Å².